The maximum Gasteiger partial charge on any atom is 0.262 e. The van der Waals surface area contributed by atoms with Gasteiger partial charge in [-0.1, -0.05) is 0 Å². The molecule has 4 amide bonds. The van der Waals surface area contributed by atoms with Crippen LogP contribution >= 0.6 is 0 Å². The molecule has 0 bridgehead atoms. The normalized spacial score (nSPS) is 25.7. The van der Waals surface area contributed by atoms with Crippen LogP contribution in [0.25, 0.3) is 0 Å². The van der Waals surface area contributed by atoms with Crippen molar-refractivity contribution >= 4 is 29.3 Å². The fraction of sp³-hybridized carbons (Fsp3) is 0.444. The van der Waals surface area contributed by atoms with Gasteiger partial charge >= 0.3 is 0 Å². The summed E-state index contributed by atoms with van der Waals surface area (Å²) in [5.41, 5.74) is 7.23. The molecule has 2 atom stereocenters. The SMILES string of the molecule is NCC1CCN(c2ccc3c(c2)C(=O)N(C2CCC(=O)NC2=O)C3=O)C1. The molecule has 3 N–H and O–H groups in total. The van der Waals surface area contributed by atoms with Gasteiger partial charge in [-0.3, -0.25) is 29.4 Å². The second-order valence-corrected chi connectivity index (χ2v) is 7.01. The molecule has 26 heavy (non-hydrogen) atoms. The highest BCUT2D eigenvalue weighted by Crippen LogP contribution is 2.32. The van der Waals surface area contributed by atoms with E-state index in [9.17, 15) is 19.2 Å². The standard InChI is InChI=1S/C18H20N4O4/c19-8-10-5-6-21(9-10)11-1-2-12-13(7-11)18(26)22(17(12)25)14-3-4-15(23)20-16(14)24/h1-2,7,10,14H,3-6,8-9,19H2,(H,20,23,24). The second-order valence-electron chi connectivity index (χ2n) is 7.01. The Balaban J connectivity index is 1.60. The first-order valence-corrected chi connectivity index (χ1v) is 8.80. The van der Waals surface area contributed by atoms with Crippen molar-refractivity contribution in [3.8, 4) is 0 Å². The van der Waals surface area contributed by atoms with Crippen LogP contribution in [-0.2, 0) is 9.59 Å². The molecule has 0 radical (unpaired) electrons. The van der Waals surface area contributed by atoms with E-state index in [1.807, 2.05) is 6.07 Å². The second kappa shape index (κ2) is 6.21. The van der Waals surface area contributed by atoms with E-state index in [0.29, 0.717) is 23.6 Å². The number of carbonyl (C=O) groups excluding carboxylic acids is 4. The first-order chi connectivity index (χ1) is 12.5. The van der Waals surface area contributed by atoms with Crippen molar-refractivity contribution in [3.05, 3.63) is 29.3 Å². The third-order valence-electron chi connectivity index (χ3n) is 5.41. The number of imide groups is 2. The number of nitrogens with one attached hydrogen (secondary N) is 1. The summed E-state index contributed by atoms with van der Waals surface area (Å²) < 4.78 is 0. The predicted octanol–water partition coefficient (Wildman–Crippen LogP) is -0.127. The Morgan fingerprint density at radius 1 is 1.08 bits per heavy atom. The molecule has 8 heteroatoms. The van der Waals surface area contributed by atoms with Gasteiger partial charge in [0.2, 0.25) is 11.8 Å². The number of nitrogens with zero attached hydrogens (tertiary/aromatic N) is 2. The summed E-state index contributed by atoms with van der Waals surface area (Å²) in [6.07, 6.45) is 1.28. The van der Waals surface area contributed by atoms with Crippen LogP contribution in [0.15, 0.2) is 18.2 Å². The Morgan fingerprint density at radius 3 is 2.54 bits per heavy atom. The van der Waals surface area contributed by atoms with E-state index in [0.717, 1.165) is 30.1 Å². The summed E-state index contributed by atoms with van der Waals surface area (Å²) in [5.74, 6) is -1.50. The van der Waals surface area contributed by atoms with E-state index in [1.54, 1.807) is 12.1 Å². The van der Waals surface area contributed by atoms with Crippen LogP contribution in [0.1, 0.15) is 40.0 Å². The van der Waals surface area contributed by atoms with Crippen molar-refractivity contribution in [1.29, 1.82) is 0 Å². The first kappa shape index (κ1) is 16.7. The molecule has 8 nitrogen and oxygen atoms in total. The molecule has 0 aromatic heterocycles. The lowest BCUT2D eigenvalue weighted by Crippen LogP contribution is -2.54. The fourth-order valence-electron chi connectivity index (χ4n) is 3.92. The molecule has 0 saturated carbocycles. The molecule has 2 unspecified atom stereocenters. The first-order valence-electron chi connectivity index (χ1n) is 8.80. The Kier molecular flexibility index (Phi) is 3.99. The van der Waals surface area contributed by atoms with Crippen molar-refractivity contribution in [2.45, 2.75) is 25.3 Å². The minimum atomic E-state index is -0.933. The van der Waals surface area contributed by atoms with E-state index < -0.39 is 23.8 Å². The number of benzene rings is 1. The van der Waals surface area contributed by atoms with Crippen molar-refractivity contribution in [3.63, 3.8) is 0 Å². The Morgan fingerprint density at radius 2 is 1.85 bits per heavy atom. The fourth-order valence-corrected chi connectivity index (χ4v) is 3.92. The third kappa shape index (κ3) is 2.57. The maximum atomic E-state index is 12.8. The van der Waals surface area contributed by atoms with Crippen molar-refractivity contribution in [1.82, 2.24) is 10.2 Å². The van der Waals surface area contributed by atoms with Crippen molar-refractivity contribution in [2.24, 2.45) is 11.7 Å². The summed E-state index contributed by atoms with van der Waals surface area (Å²) in [4.78, 5) is 52.0. The Labute approximate surface area is 150 Å². The molecule has 2 saturated heterocycles. The zero-order chi connectivity index (χ0) is 18.4. The molecule has 2 fully saturated rings. The van der Waals surface area contributed by atoms with Crippen LogP contribution in [0.2, 0.25) is 0 Å². The Hall–Kier alpha value is -2.74. The third-order valence-corrected chi connectivity index (χ3v) is 5.41. The highest BCUT2D eigenvalue weighted by Gasteiger charge is 2.44. The van der Waals surface area contributed by atoms with Gasteiger partial charge in [0, 0.05) is 25.2 Å². The van der Waals surface area contributed by atoms with Gasteiger partial charge in [0.25, 0.3) is 11.8 Å². The van der Waals surface area contributed by atoms with E-state index in [-0.39, 0.29) is 18.7 Å². The van der Waals surface area contributed by atoms with Gasteiger partial charge in [0.15, 0.2) is 0 Å². The minimum absolute atomic E-state index is 0.114. The summed E-state index contributed by atoms with van der Waals surface area (Å²) in [7, 11) is 0. The smallest absolute Gasteiger partial charge is 0.262 e. The van der Waals surface area contributed by atoms with Crippen LogP contribution in [0.5, 0.6) is 0 Å². The highest BCUT2D eigenvalue weighted by atomic mass is 16.2. The lowest BCUT2D eigenvalue weighted by atomic mass is 10.0. The molecule has 136 valence electrons. The van der Waals surface area contributed by atoms with E-state index >= 15 is 0 Å². The average Bonchev–Trinajstić information content (AvgIpc) is 3.20. The monoisotopic (exact) mass is 356 g/mol. The molecule has 0 aliphatic carbocycles. The molecule has 0 spiro atoms. The summed E-state index contributed by atoms with van der Waals surface area (Å²) in [6.45, 7) is 2.32. The average molecular weight is 356 g/mol. The number of nitrogens with two attached hydrogens (primary N) is 1. The van der Waals surface area contributed by atoms with Crippen molar-refractivity contribution in [2.75, 3.05) is 24.5 Å². The molecule has 3 aliphatic heterocycles. The summed E-state index contributed by atoms with van der Waals surface area (Å²) in [6, 6.07) is 4.26. The quantitative estimate of drug-likeness (QED) is 0.730. The molecule has 3 aliphatic rings. The van der Waals surface area contributed by atoms with Gasteiger partial charge in [-0.15, -0.1) is 0 Å². The summed E-state index contributed by atoms with van der Waals surface area (Å²) in [5, 5.41) is 2.20. The Bertz CT molecular complexity index is 821. The topological polar surface area (TPSA) is 113 Å². The number of piperidine rings is 1. The maximum absolute atomic E-state index is 12.8. The van der Waals surface area contributed by atoms with E-state index in [1.165, 1.54) is 0 Å². The highest BCUT2D eigenvalue weighted by molar-refractivity contribution is 6.23. The van der Waals surface area contributed by atoms with Crippen LogP contribution in [0, 0.1) is 5.92 Å². The zero-order valence-electron chi connectivity index (χ0n) is 14.2. The molecule has 3 heterocycles. The van der Waals surface area contributed by atoms with Crippen LogP contribution < -0.4 is 16.0 Å². The number of carbonyl (C=O) groups is 4. The van der Waals surface area contributed by atoms with Gasteiger partial charge in [0.05, 0.1) is 11.1 Å². The number of fused-ring (bicyclic) bond motifs is 1. The van der Waals surface area contributed by atoms with Gasteiger partial charge in [-0.05, 0) is 43.5 Å². The number of rotatable bonds is 3. The van der Waals surface area contributed by atoms with Crippen molar-refractivity contribution < 1.29 is 19.2 Å². The van der Waals surface area contributed by atoms with Gasteiger partial charge in [-0.25, -0.2) is 0 Å². The van der Waals surface area contributed by atoms with Gasteiger partial charge < -0.3 is 10.6 Å². The lowest BCUT2D eigenvalue weighted by molar-refractivity contribution is -0.136. The molecule has 1 aromatic carbocycles. The summed E-state index contributed by atoms with van der Waals surface area (Å²) >= 11 is 0. The minimum Gasteiger partial charge on any atom is -0.371 e. The molecular weight excluding hydrogens is 336 g/mol. The predicted molar refractivity (Wildman–Crippen MR) is 92.5 cm³/mol. The van der Waals surface area contributed by atoms with E-state index in [2.05, 4.69) is 10.2 Å². The lowest BCUT2D eigenvalue weighted by Gasteiger charge is -2.27. The molecule has 1 aromatic rings. The number of hydrogen-bond donors (Lipinski definition) is 2. The number of hydrogen-bond acceptors (Lipinski definition) is 6. The zero-order valence-corrected chi connectivity index (χ0v) is 14.2. The van der Waals surface area contributed by atoms with Crippen LogP contribution in [0.3, 0.4) is 0 Å². The van der Waals surface area contributed by atoms with Gasteiger partial charge in [-0.2, -0.15) is 0 Å². The van der Waals surface area contributed by atoms with Gasteiger partial charge in [0.1, 0.15) is 6.04 Å². The van der Waals surface area contributed by atoms with E-state index in [4.69, 9.17) is 5.73 Å². The number of anilines is 1. The molecule has 4 rings (SSSR count). The number of amides is 4. The van der Waals surface area contributed by atoms with Crippen LogP contribution in [-0.4, -0.2) is 54.2 Å². The molecular formula is C18H20N4O4. The van der Waals surface area contributed by atoms with Crippen LogP contribution in [0.4, 0.5) is 5.69 Å². The largest absolute Gasteiger partial charge is 0.371 e.